The van der Waals surface area contributed by atoms with E-state index in [1.54, 1.807) is 18.2 Å². The molecule has 1 amide bonds. The van der Waals surface area contributed by atoms with Gasteiger partial charge in [0, 0.05) is 11.8 Å². The third kappa shape index (κ3) is 3.02. The summed E-state index contributed by atoms with van der Waals surface area (Å²) in [5, 5.41) is 2.80. The molecule has 0 bridgehead atoms. The van der Waals surface area contributed by atoms with Crippen LogP contribution < -0.4 is 11.1 Å². The Bertz CT molecular complexity index is 861. The number of carbonyl (C=O) groups is 1. The summed E-state index contributed by atoms with van der Waals surface area (Å²) in [5.41, 5.74) is 3.71. The summed E-state index contributed by atoms with van der Waals surface area (Å²) in [6.45, 7) is 1.99. The van der Waals surface area contributed by atoms with Crippen molar-refractivity contribution in [2.75, 3.05) is 5.32 Å². The van der Waals surface area contributed by atoms with Crippen LogP contribution in [-0.4, -0.2) is 10.9 Å². The van der Waals surface area contributed by atoms with E-state index in [4.69, 9.17) is 4.42 Å². The minimum atomic E-state index is -0.506. The van der Waals surface area contributed by atoms with Crippen LogP contribution in [0.1, 0.15) is 11.1 Å². The molecule has 2 N–H and O–H groups in total. The van der Waals surface area contributed by atoms with Crippen molar-refractivity contribution < 1.29 is 9.21 Å². The van der Waals surface area contributed by atoms with Crippen LogP contribution >= 0.6 is 0 Å². The van der Waals surface area contributed by atoms with E-state index in [0.29, 0.717) is 23.2 Å². The van der Waals surface area contributed by atoms with Crippen molar-refractivity contribution >= 4 is 22.7 Å². The number of hydrogen-bond donors (Lipinski definition) is 2. The van der Waals surface area contributed by atoms with Crippen molar-refractivity contribution in [2.24, 2.45) is 0 Å². The third-order valence-corrected chi connectivity index (χ3v) is 3.15. The quantitative estimate of drug-likeness (QED) is 0.775. The second-order valence-electron chi connectivity index (χ2n) is 4.94. The van der Waals surface area contributed by atoms with E-state index in [1.807, 2.05) is 31.2 Å². The van der Waals surface area contributed by atoms with Crippen molar-refractivity contribution in [1.29, 1.82) is 0 Å². The number of aromatic amines is 1. The summed E-state index contributed by atoms with van der Waals surface area (Å²) in [6, 6.07) is 12.9. The van der Waals surface area contributed by atoms with E-state index < -0.39 is 5.76 Å². The Morgan fingerprint density at radius 3 is 2.90 bits per heavy atom. The van der Waals surface area contributed by atoms with Gasteiger partial charge in [-0.05, 0) is 24.6 Å². The number of oxazole rings is 1. The maximum atomic E-state index is 12.0. The molecule has 3 rings (SSSR count). The highest BCUT2D eigenvalue weighted by molar-refractivity contribution is 5.93. The number of carbonyl (C=O) groups excluding carboxylic acids is 1. The predicted molar refractivity (Wildman–Crippen MR) is 80.3 cm³/mol. The molecule has 5 heteroatoms. The Balaban J connectivity index is 1.75. The van der Waals surface area contributed by atoms with E-state index in [2.05, 4.69) is 10.3 Å². The highest BCUT2D eigenvalue weighted by atomic mass is 16.4. The second-order valence-corrected chi connectivity index (χ2v) is 4.94. The second kappa shape index (κ2) is 5.28. The van der Waals surface area contributed by atoms with Gasteiger partial charge in [-0.25, -0.2) is 4.79 Å². The molecule has 21 heavy (non-hydrogen) atoms. The molecule has 1 aromatic heterocycles. The van der Waals surface area contributed by atoms with Crippen LogP contribution in [0.15, 0.2) is 51.7 Å². The maximum absolute atomic E-state index is 12.0. The van der Waals surface area contributed by atoms with Gasteiger partial charge in [0.25, 0.3) is 0 Å². The van der Waals surface area contributed by atoms with Crippen molar-refractivity contribution in [1.82, 2.24) is 4.98 Å². The van der Waals surface area contributed by atoms with Crippen LogP contribution in [0.2, 0.25) is 0 Å². The fraction of sp³-hybridized carbons (Fsp3) is 0.125. The Morgan fingerprint density at radius 1 is 1.24 bits per heavy atom. The lowest BCUT2D eigenvalue weighted by molar-refractivity contribution is -0.115. The van der Waals surface area contributed by atoms with Crippen LogP contribution in [0.5, 0.6) is 0 Å². The molecule has 0 aliphatic carbocycles. The molecule has 0 saturated carbocycles. The van der Waals surface area contributed by atoms with Gasteiger partial charge < -0.3 is 9.73 Å². The number of H-pyrrole nitrogens is 1. The standard InChI is InChI=1S/C16H14N2O3/c1-10-3-2-4-11(7-10)8-15(19)17-12-5-6-13-14(9-12)21-16(20)18-13/h2-7,9H,8H2,1H3,(H,17,19)(H,18,20). The van der Waals surface area contributed by atoms with Gasteiger partial charge in [0.15, 0.2) is 5.58 Å². The van der Waals surface area contributed by atoms with Crippen molar-refractivity contribution in [2.45, 2.75) is 13.3 Å². The molecule has 0 spiro atoms. The normalized spacial score (nSPS) is 10.7. The fourth-order valence-corrected chi connectivity index (χ4v) is 2.24. The van der Waals surface area contributed by atoms with Gasteiger partial charge in [-0.15, -0.1) is 0 Å². The summed E-state index contributed by atoms with van der Waals surface area (Å²) in [6.07, 6.45) is 0.302. The minimum Gasteiger partial charge on any atom is -0.408 e. The first kappa shape index (κ1) is 13.2. The molecule has 0 radical (unpaired) electrons. The van der Waals surface area contributed by atoms with Crippen LogP contribution in [0.4, 0.5) is 5.69 Å². The van der Waals surface area contributed by atoms with E-state index in [1.165, 1.54) is 0 Å². The summed E-state index contributed by atoms with van der Waals surface area (Å²) >= 11 is 0. The number of aromatic nitrogens is 1. The molecule has 2 aromatic carbocycles. The van der Waals surface area contributed by atoms with Crippen molar-refractivity contribution in [3.05, 3.63) is 64.1 Å². The van der Waals surface area contributed by atoms with Gasteiger partial charge in [0.05, 0.1) is 11.9 Å². The Labute approximate surface area is 120 Å². The molecular formula is C16H14N2O3. The van der Waals surface area contributed by atoms with Crippen molar-refractivity contribution in [3.63, 3.8) is 0 Å². The molecule has 106 valence electrons. The Hall–Kier alpha value is -2.82. The van der Waals surface area contributed by atoms with Crippen LogP contribution in [0.25, 0.3) is 11.1 Å². The van der Waals surface area contributed by atoms with E-state index in [9.17, 15) is 9.59 Å². The van der Waals surface area contributed by atoms with E-state index >= 15 is 0 Å². The molecule has 0 unspecified atom stereocenters. The Morgan fingerprint density at radius 2 is 2.10 bits per heavy atom. The number of aryl methyl sites for hydroxylation is 1. The smallest absolute Gasteiger partial charge is 0.408 e. The first-order valence-electron chi connectivity index (χ1n) is 6.58. The van der Waals surface area contributed by atoms with Gasteiger partial charge in [0.1, 0.15) is 0 Å². The third-order valence-electron chi connectivity index (χ3n) is 3.15. The molecule has 0 aliphatic rings. The zero-order valence-corrected chi connectivity index (χ0v) is 11.5. The largest absolute Gasteiger partial charge is 0.417 e. The number of anilines is 1. The topological polar surface area (TPSA) is 75.1 Å². The van der Waals surface area contributed by atoms with Gasteiger partial charge in [-0.1, -0.05) is 29.8 Å². The first-order chi connectivity index (χ1) is 10.1. The number of benzene rings is 2. The fourth-order valence-electron chi connectivity index (χ4n) is 2.24. The lowest BCUT2D eigenvalue weighted by Gasteiger charge is -2.05. The zero-order valence-electron chi connectivity index (χ0n) is 11.5. The highest BCUT2D eigenvalue weighted by Gasteiger charge is 2.07. The molecule has 3 aromatic rings. The summed E-state index contributed by atoms with van der Waals surface area (Å²) in [7, 11) is 0. The molecule has 1 heterocycles. The number of amides is 1. The van der Waals surface area contributed by atoms with Gasteiger partial charge >= 0.3 is 5.76 Å². The summed E-state index contributed by atoms with van der Waals surface area (Å²) < 4.78 is 4.96. The number of hydrogen-bond acceptors (Lipinski definition) is 3. The average molecular weight is 282 g/mol. The van der Waals surface area contributed by atoms with Crippen LogP contribution in [-0.2, 0) is 11.2 Å². The van der Waals surface area contributed by atoms with Gasteiger partial charge in [-0.2, -0.15) is 0 Å². The monoisotopic (exact) mass is 282 g/mol. The Kier molecular flexibility index (Phi) is 3.31. The number of fused-ring (bicyclic) bond motifs is 1. The zero-order chi connectivity index (χ0) is 14.8. The lowest BCUT2D eigenvalue weighted by Crippen LogP contribution is -2.14. The summed E-state index contributed by atoms with van der Waals surface area (Å²) in [5.74, 6) is -0.619. The number of rotatable bonds is 3. The number of nitrogens with one attached hydrogen (secondary N) is 2. The molecule has 0 fully saturated rings. The molecule has 0 aliphatic heterocycles. The lowest BCUT2D eigenvalue weighted by atomic mass is 10.1. The first-order valence-corrected chi connectivity index (χ1v) is 6.58. The highest BCUT2D eigenvalue weighted by Crippen LogP contribution is 2.16. The van der Waals surface area contributed by atoms with Gasteiger partial charge in [-0.3, -0.25) is 9.78 Å². The predicted octanol–water partition coefficient (Wildman–Crippen LogP) is 2.61. The summed E-state index contributed by atoms with van der Waals surface area (Å²) in [4.78, 5) is 25.7. The molecule has 0 atom stereocenters. The van der Waals surface area contributed by atoms with Gasteiger partial charge in [0.2, 0.25) is 5.91 Å². The van der Waals surface area contributed by atoms with E-state index in [-0.39, 0.29) is 5.91 Å². The maximum Gasteiger partial charge on any atom is 0.417 e. The van der Waals surface area contributed by atoms with Crippen LogP contribution in [0, 0.1) is 6.92 Å². The van der Waals surface area contributed by atoms with Crippen LogP contribution in [0.3, 0.4) is 0 Å². The molecule has 5 nitrogen and oxygen atoms in total. The van der Waals surface area contributed by atoms with Crippen molar-refractivity contribution in [3.8, 4) is 0 Å². The van der Waals surface area contributed by atoms with E-state index in [0.717, 1.165) is 11.1 Å². The molecule has 0 saturated heterocycles. The average Bonchev–Trinajstić information content (AvgIpc) is 2.78. The molecular weight excluding hydrogens is 268 g/mol. The SMILES string of the molecule is Cc1cccc(CC(=O)Nc2ccc3[nH]c(=O)oc3c2)c1. The minimum absolute atomic E-state index is 0.113.